The van der Waals surface area contributed by atoms with Crippen LogP contribution in [0.2, 0.25) is 0 Å². The molecule has 2 N–H and O–H groups in total. The zero-order valence-corrected chi connectivity index (χ0v) is 14.3. The van der Waals surface area contributed by atoms with Gasteiger partial charge in [-0.05, 0) is 51.4 Å². The molecule has 0 radical (unpaired) electrons. The van der Waals surface area contributed by atoms with Gasteiger partial charge in [0, 0.05) is 12.1 Å². The average Bonchev–Trinajstić information content (AvgIpc) is 2.32. The van der Waals surface area contributed by atoms with Crippen molar-refractivity contribution in [2.45, 2.75) is 78.6 Å². The van der Waals surface area contributed by atoms with Gasteiger partial charge in [0.15, 0.2) is 0 Å². The van der Waals surface area contributed by atoms with Crippen molar-refractivity contribution < 1.29 is 9.84 Å². The van der Waals surface area contributed by atoms with E-state index in [0.717, 1.165) is 12.3 Å². The number of β-amino-alcohol motifs (C(OH)–C–C–N with tert-alkyl or cyclic N) is 1. The molecule has 0 amide bonds. The van der Waals surface area contributed by atoms with Crippen molar-refractivity contribution >= 4 is 0 Å². The summed E-state index contributed by atoms with van der Waals surface area (Å²) in [5, 5.41) is 13.4. The molecular formula is C17H35NO2. The molecule has 0 spiro atoms. The van der Waals surface area contributed by atoms with Gasteiger partial charge in [0.1, 0.15) is 0 Å². The molecular weight excluding hydrogens is 250 g/mol. The summed E-state index contributed by atoms with van der Waals surface area (Å²) >= 11 is 0. The van der Waals surface area contributed by atoms with Crippen LogP contribution in [-0.2, 0) is 4.74 Å². The Hall–Kier alpha value is -0.120. The zero-order chi connectivity index (χ0) is 15.3. The van der Waals surface area contributed by atoms with Gasteiger partial charge in [-0.3, -0.25) is 0 Å². The molecule has 0 saturated heterocycles. The van der Waals surface area contributed by atoms with E-state index in [1.165, 1.54) is 12.8 Å². The first-order valence-corrected chi connectivity index (χ1v) is 8.23. The van der Waals surface area contributed by atoms with Gasteiger partial charge < -0.3 is 15.2 Å². The summed E-state index contributed by atoms with van der Waals surface area (Å²) in [7, 11) is 0. The molecule has 1 saturated carbocycles. The van der Waals surface area contributed by atoms with Crippen LogP contribution in [0, 0.1) is 17.8 Å². The first kappa shape index (κ1) is 17.9. The predicted molar refractivity (Wildman–Crippen MR) is 84.8 cm³/mol. The van der Waals surface area contributed by atoms with E-state index in [1.807, 2.05) is 0 Å². The van der Waals surface area contributed by atoms with Crippen molar-refractivity contribution in [2.24, 2.45) is 17.8 Å². The van der Waals surface area contributed by atoms with Crippen molar-refractivity contribution in [3.63, 3.8) is 0 Å². The van der Waals surface area contributed by atoms with Crippen LogP contribution in [0.25, 0.3) is 0 Å². The van der Waals surface area contributed by atoms with Crippen LogP contribution in [0.15, 0.2) is 0 Å². The van der Waals surface area contributed by atoms with Gasteiger partial charge >= 0.3 is 0 Å². The first-order valence-electron chi connectivity index (χ1n) is 8.23. The number of aliphatic hydroxyl groups is 1. The maximum absolute atomic E-state index is 10.0. The Morgan fingerprint density at radius 2 is 1.90 bits per heavy atom. The number of rotatable bonds is 6. The molecule has 0 aromatic carbocycles. The molecule has 1 aliphatic carbocycles. The maximum atomic E-state index is 10.0. The molecule has 0 heterocycles. The first-order chi connectivity index (χ1) is 9.19. The Morgan fingerprint density at radius 3 is 2.45 bits per heavy atom. The van der Waals surface area contributed by atoms with Gasteiger partial charge in [-0.25, -0.2) is 0 Å². The van der Waals surface area contributed by atoms with Crippen LogP contribution in [0.5, 0.6) is 0 Å². The molecule has 1 aliphatic rings. The summed E-state index contributed by atoms with van der Waals surface area (Å²) in [5.74, 6) is 2.06. The predicted octanol–water partition coefficient (Wildman–Crippen LogP) is 3.21. The van der Waals surface area contributed by atoms with Gasteiger partial charge in [0.25, 0.3) is 0 Å². The third-order valence-electron chi connectivity index (χ3n) is 4.33. The highest BCUT2D eigenvalue weighted by molar-refractivity contribution is 4.82. The highest BCUT2D eigenvalue weighted by atomic mass is 16.5. The Labute approximate surface area is 125 Å². The summed E-state index contributed by atoms with van der Waals surface area (Å²) < 4.78 is 6.06. The molecule has 0 aromatic rings. The minimum atomic E-state index is -0.417. The summed E-state index contributed by atoms with van der Waals surface area (Å²) in [4.78, 5) is 0. The minimum Gasteiger partial charge on any atom is -0.389 e. The summed E-state index contributed by atoms with van der Waals surface area (Å²) in [6, 6.07) is 0. The van der Waals surface area contributed by atoms with Crippen molar-refractivity contribution in [2.75, 3.05) is 13.2 Å². The summed E-state index contributed by atoms with van der Waals surface area (Å²) in [6.07, 6.45) is 3.63. The Bertz CT molecular complexity index is 273. The molecule has 0 unspecified atom stereocenters. The smallest absolute Gasteiger partial charge is 0.0898 e. The lowest BCUT2D eigenvalue weighted by atomic mass is 9.75. The van der Waals surface area contributed by atoms with Gasteiger partial charge in [-0.2, -0.15) is 0 Å². The van der Waals surface area contributed by atoms with E-state index >= 15 is 0 Å². The van der Waals surface area contributed by atoms with E-state index in [-0.39, 0.29) is 5.54 Å². The Morgan fingerprint density at radius 1 is 1.25 bits per heavy atom. The van der Waals surface area contributed by atoms with Gasteiger partial charge in [0.05, 0.1) is 18.8 Å². The molecule has 3 heteroatoms. The van der Waals surface area contributed by atoms with E-state index in [1.54, 1.807) is 0 Å². The normalized spacial score (nSPS) is 29.7. The largest absolute Gasteiger partial charge is 0.389 e. The van der Waals surface area contributed by atoms with E-state index < -0.39 is 6.10 Å². The number of hydrogen-bond acceptors (Lipinski definition) is 3. The van der Waals surface area contributed by atoms with Gasteiger partial charge in [-0.15, -0.1) is 0 Å². The second kappa shape index (κ2) is 7.77. The SMILES string of the molecule is CC(C)[C@H]1CC[C@@H](C)C[C@H]1OC[C@@H](O)CNC(C)(C)C. The van der Waals surface area contributed by atoms with E-state index in [0.29, 0.717) is 31.1 Å². The Balaban J connectivity index is 2.37. The standard InChI is InChI=1S/C17H35NO2/c1-12(2)15-8-7-13(3)9-16(15)20-11-14(19)10-18-17(4,5)6/h12-16,18-19H,7-11H2,1-6H3/t13-,14+,15-,16-/m1/s1. The highest BCUT2D eigenvalue weighted by Gasteiger charge is 2.31. The van der Waals surface area contributed by atoms with Crippen molar-refractivity contribution in [3.8, 4) is 0 Å². The molecule has 0 aliphatic heterocycles. The van der Waals surface area contributed by atoms with Crippen molar-refractivity contribution in [1.29, 1.82) is 0 Å². The van der Waals surface area contributed by atoms with Crippen LogP contribution in [0.3, 0.4) is 0 Å². The second-order valence-corrected chi connectivity index (χ2v) is 7.98. The summed E-state index contributed by atoms with van der Waals surface area (Å²) in [5.41, 5.74) is 0.0425. The molecule has 3 nitrogen and oxygen atoms in total. The van der Waals surface area contributed by atoms with Crippen molar-refractivity contribution in [3.05, 3.63) is 0 Å². The van der Waals surface area contributed by atoms with Crippen LogP contribution in [-0.4, -0.2) is 36.0 Å². The second-order valence-electron chi connectivity index (χ2n) is 7.98. The molecule has 20 heavy (non-hydrogen) atoms. The fourth-order valence-corrected chi connectivity index (χ4v) is 3.02. The van der Waals surface area contributed by atoms with Gasteiger partial charge in [-0.1, -0.05) is 27.2 Å². The van der Waals surface area contributed by atoms with E-state index in [4.69, 9.17) is 4.74 Å². The average molecular weight is 285 g/mol. The molecule has 4 atom stereocenters. The lowest BCUT2D eigenvalue weighted by Gasteiger charge is -2.37. The van der Waals surface area contributed by atoms with Crippen LogP contribution >= 0.6 is 0 Å². The van der Waals surface area contributed by atoms with Gasteiger partial charge in [0.2, 0.25) is 0 Å². The third kappa shape index (κ3) is 6.55. The number of aliphatic hydroxyl groups excluding tert-OH is 1. The molecule has 1 fully saturated rings. The molecule has 0 bridgehead atoms. The number of nitrogens with one attached hydrogen (secondary N) is 1. The summed E-state index contributed by atoms with van der Waals surface area (Å²) in [6.45, 7) is 14.3. The maximum Gasteiger partial charge on any atom is 0.0898 e. The lowest BCUT2D eigenvalue weighted by molar-refractivity contribution is -0.0689. The lowest BCUT2D eigenvalue weighted by Crippen LogP contribution is -2.43. The zero-order valence-electron chi connectivity index (χ0n) is 14.3. The van der Waals surface area contributed by atoms with E-state index in [9.17, 15) is 5.11 Å². The van der Waals surface area contributed by atoms with Crippen LogP contribution in [0.4, 0.5) is 0 Å². The third-order valence-corrected chi connectivity index (χ3v) is 4.33. The topological polar surface area (TPSA) is 41.5 Å². The molecule has 120 valence electrons. The van der Waals surface area contributed by atoms with Crippen LogP contribution < -0.4 is 5.32 Å². The van der Waals surface area contributed by atoms with Crippen LogP contribution in [0.1, 0.15) is 60.8 Å². The molecule has 0 aromatic heterocycles. The van der Waals surface area contributed by atoms with E-state index in [2.05, 4.69) is 46.9 Å². The van der Waals surface area contributed by atoms with Crippen molar-refractivity contribution in [1.82, 2.24) is 5.32 Å². The molecule has 1 rings (SSSR count). The highest BCUT2D eigenvalue weighted by Crippen LogP contribution is 2.35. The fraction of sp³-hybridized carbons (Fsp3) is 1.00. The fourth-order valence-electron chi connectivity index (χ4n) is 3.02. The quantitative estimate of drug-likeness (QED) is 0.787. The number of ether oxygens (including phenoxy) is 1. The minimum absolute atomic E-state index is 0.0425. The number of hydrogen-bond donors (Lipinski definition) is 2. The Kier molecular flexibility index (Phi) is 6.96. The monoisotopic (exact) mass is 285 g/mol.